The Morgan fingerprint density at radius 3 is 1.11 bits per heavy atom. The molecular formula is C10H27O8S-. The van der Waals surface area contributed by atoms with Gasteiger partial charge in [-0.2, -0.15) is 0 Å². The molecule has 0 bridgehead atoms. The molecule has 6 N–H and O–H groups in total. The van der Waals surface area contributed by atoms with Crippen LogP contribution in [0.1, 0.15) is 19.8 Å². The second-order valence-electron chi connectivity index (χ2n) is 2.70. The van der Waals surface area contributed by atoms with E-state index in [1.807, 2.05) is 6.92 Å². The molecule has 0 saturated heterocycles. The Hall–Kier alpha value is -0.130. The summed E-state index contributed by atoms with van der Waals surface area (Å²) in [5, 5.41) is 45.8. The van der Waals surface area contributed by atoms with Crippen molar-refractivity contribution in [1.82, 2.24) is 0 Å². The first kappa shape index (κ1) is 27.3. The summed E-state index contributed by atoms with van der Waals surface area (Å²) in [5.74, 6) is 0.316. The van der Waals surface area contributed by atoms with Crippen LogP contribution in [-0.2, 0) is 11.1 Å². The zero-order valence-corrected chi connectivity index (χ0v) is 12.1. The van der Waals surface area contributed by atoms with E-state index in [1.165, 1.54) is 0 Å². The van der Waals surface area contributed by atoms with Gasteiger partial charge in [0.05, 0.1) is 39.6 Å². The minimum Gasteiger partial charge on any atom is -0.772 e. The number of aliphatic hydroxyl groups excluding tert-OH is 6. The van der Waals surface area contributed by atoms with Crippen LogP contribution in [0.2, 0.25) is 0 Å². The van der Waals surface area contributed by atoms with Gasteiger partial charge in [0, 0.05) is 5.75 Å². The molecule has 0 aliphatic heterocycles. The zero-order chi connectivity index (χ0) is 15.9. The first-order valence-corrected chi connectivity index (χ1v) is 6.97. The lowest BCUT2D eigenvalue weighted by Crippen LogP contribution is -1.92. The summed E-state index contributed by atoms with van der Waals surface area (Å²) in [6.07, 6.45) is 1.74. The van der Waals surface area contributed by atoms with Gasteiger partial charge in [-0.1, -0.05) is 24.4 Å². The summed E-state index contributed by atoms with van der Waals surface area (Å²) in [7, 11) is 0. The van der Waals surface area contributed by atoms with Crippen molar-refractivity contribution in [2.24, 2.45) is 0 Å². The lowest BCUT2D eigenvalue weighted by molar-refractivity contribution is 0.186. The van der Waals surface area contributed by atoms with Crippen molar-refractivity contribution in [2.75, 3.05) is 45.4 Å². The normalized spacial score (nSPS) is 9.89. The molecule has 0 amide bonds. The molecule has 19 heavy (non-hydrogen) atoms. The minimum atomic E-state index is -1.82. The van der Waals surface area contributed by atoms with Gasteiger partial charge in [-0.3, -0.25) is 4.21 Å². The van der Waals surface area contributed by atoms with Crippen LogP contribution in [-0.4, -0.2) is 84.8 Å². The molecule has 0 aliphatic carbocycles. The molecule has 0 spiro atoms. The Labute approximate surface area is 116 Å². The highest BCUT2D eigenvalue weighted by Crippen LogP contribution is 1.86. The average Bonchev–Trinajstić information content (AvgIpc) is 2.45. The maximum absolute atomic E-state index is 9.76. The fourth-order valence-corrected chi connectivity index (χ4v) is 0.787. The molecule has 122 valence electrons. The van der Waals surface area contributed by atoms with Crippen molar-refractivity contribution in [3.05, 3.63) is 0 Å². The molecule has 0 aromatic carbocycles. The third-order valence-corrected chi connectivity index (χ3v) is 1.59. The molecule has 1 atom stereocenters. The molecule has 0 radical (unpaired) electrons. The molecule has 1 unspecified atom stereocenters. The van der Waals surface area contributed by atoms with Crippen LogP contribution in [0.15, 0.2) is 0 Å². The van der Waals surface area contributed by atoms with Crippen LogP contribution in [0.4, 0.5) is 0 Å². The van der Waals surface area contributed by atoms with Crippen molar-refractivity contribution in [3.63, 3.8) is 0 Å². The average molecular weight is 307 g/mol. The summed E-state index contributed by atoms with van der Waals surface area (Å²) in [6.45, 7) is 1.22. The largest absolute Gasteiger partial charge is 0.772 e. The Bertz CT molecular complexity index is 121. The van der Waals surface area contributed by atoms with Crippen LogP contribution in [0.5, 0.6) is 0 Å². The fourth-order valence-electron chi connectivity index (χ4n) is 0.262. The molecule has 0 heterocycles. The summed E-state index contributed by atoms with van der Waals surface area (Å²) in [5.41, 5.74) is 0. The van der Waals surface area contributed by atoms with Gasteiger partial charge >= 0.3 is 0 Å². The minimum absolute atomic E-state index is 0.125. The first-order valence-electron chi connectivity index (χ1n) is 5.73. The van der Waals surface area contributed by atoms with E-state index in [0.29, 0.717) is 5.75 Å². The molecule has 0 aliphatic rings. The van der Waals surface area contributed by atoms with E-state index in [9.17, 15) is 8.76 Å². The van der Waals surface area contributed by atoms with Gasteiger partial charge in [-0.15, -0.1) is 0 Å². The Balaban J connectivity index is -0.0000000825. The van der Waals surface area contributed by atoms with Gasteiger partial charge in [-0.05, 0) is 6.42 Å². The first-order chi connectivity index (χ1) is 9.01. The number of unbranched alkanes of at least 4 members (excludes halogenated alkanes) is 1. The van der Waals surface area contributed by atoms with Crippen molar-refractivity contribution in [1.29, 1.82) is 0 Å². The number of hydrogen-bond donors (Lipinski definition) is 6. The van der Waals surface area contributed by atoms with Crippen LogP contribution in [0.25, 0.3) is 0 Å². The summed E-state index contributed by atoms with van der Waals surface area (Å²) in [4.78, 5) is 0. The predicted molar refractivity (Wildman–Crippen MR) is 71.2 cm³/mol. The molecule has 0 rings (SSSR count). The summed E-state index contributed by atoms with van der Waals surface area (Å²) < 4.78 is 19.5. The predicted octanol–water partition coefficient (Wildman–Crippen LogP) is -2.42. The highest BCUT2D eigenvalue weighted by Gasteiger charge is 1.79. The van der Waals surface area contributed by atoms with Crippen molar-refractivity contribution < 1.29 is 39.4 Å². The number of rotatable bonds is 6. The standard InChI is InChI=1S/C4H10O2S.3C2H6O2/c1-2-3-4-7(5)6;3*3-1-2-4/h2-4H2,1H3,(H,5,6);3*3-4H,1-2H2/p-1. The third kappa shape index (κ3) is 95.4. The van der Waals surface area contributed by atoms with Gasteiger partial charge < -0.3 is 35.2 Å². The van der Waals surface area contributed by atoms with Crippen molar-refractivity contribution in [3.8, 4) is 0 Å². The van der Waals surface area contributed by atoms with Gasteiger partial charge in [0.2, 0.25) is 0 Å². The monoisotopic (exact) mass is 307 g/mol. The highest BCUT2D eigenvalue weighted by atomic mass is 32.2. The van der Waals surface area contributed by atoms with Crippen molar-refractivity contribution in [2.45, 2.75) is 19.8 Å². The van der Waals surface area contributed by atoms with E-state index in [1.54, 1.807) is 0 Å². The van der Waals surface area contributed by atoms with Gasteiger partial charge in [0.15, 0.2) is 0 Å². The Kier molecular flexibility index (Phi) is 51.8. The second-order valence-corrected chi connectivity index (χ2v) is 3.72. The number of hydrogen-bond acceptors (Lipinski definition) is 8. The SMILES string of the molecule is CCCCS(=O)[O-].OCCO.OCCO.OCCO. The van der Waals surface area contributed by atoms with Gasteiger partial charge in [-0.25, -0.2) is 0 Å². The lowest BCUT2D eigenvalue weighted by Gasteiger charge is -1.99. The van der Waals surface area contributed by atoms with Crippen LogP contribution >= 0.6 is 0 Å². The molecular weight excluding hydrogens is 280 g/mol. The topological polar surface area (TPSA) is 162 Å². The van der Waals surface area contributed by atoms with E-state index >= 15 is 0 Å². The highest BCUT2D eigenvalue weighted by molar-refractivity contribution is 7.79. The molecule has 0 aromatic rings. The van der Waals surface area contributed by atoms with E-state index < -0.39 is 11.1 Å². The molecule has 8 nitrogen and oxygen atoms in total. The van der Waals surface area contributed by atoms with E-state index in [4.69, 9.17) is 30.6 Å². The molecule has 9 heteroatoms. The third-order valence-electron chi connectivity index (χ3n) is 0.965. The van der Waals surface area contributed by atoms with E-state index in [0.717, 1.165) is 12.8 Å². The van der Waals surface area contributed by atoms with Crippen LogP contribution in [0, 0.1) is 0 Å². The summed E-state index contributed by atoms with van der Waals surface area (Å²) >= 11 is -1.82. The van der Waals surface area contributed by atoms with E-state index in [-0.39, 0.29) is 39.6 Å². The van der Waals surface area contributed by atoms with Crippen molar-refractivity contribution >= 4 is 11.1 Å². The second kappa shape index (κ2) is 36.1. The van der Waals surface area contributed by atoms with Gasteiger partial charge in [0.25, 0.3) is 0 Å². The zero-order valence-electron chi connectivity index (χ0n) is 11.3. The van der Waals surface area contributed by atoms with Crippen LogP contribution < -0.4 is 0 Å². The van der Waals surface area contributed by atoms with Crippen LogP contribution in [0.3, 0.4) is 0 Å². The smallest absolute Gasteiger partial charge is 0.0662 e. The number of aliphatic hydroxyl groups is 6. The Morgan fingerprint density at radius 2 is 1.05 bits per heavy atom. The summed E-state index contributed by atoms with van der Waals surface area (Å²) in [6, 6.07) is 0. The fraction of sp³-hybridized carbons (Fsp3) is 1.00. The molecule has 0 aromatic heterocycles. The molecule has 0 saturated carbocycles. The van der Waals surface area contributed by atoms with Gasteiger partial charge in [0.1, 0.15) is 0 Å². The maximum Gasteiger partial charge on any atom is 0.0662 e. The molecule has 0 fully saturated rings. The Morgan fingerprint density at radius 1 is 0.789 bits per heavy atom. The maximum atomic E-state index is 9.76. The van der Waals surface area contributed by atoms with E-state index in [2.05, 4.69) is 0 Å². The lowest BCUT2D eigenvalue weighted by atomic mass is 10.4. The quantitative estimate of drug-likeness (QED) is 0.295.